The number of aromatic nitrogens is 5. The SMILES string of the molecule is CCOC(=O)CNC(=O)Cn1cnc2c(nnn2Cc2ccccc2F)c1=O. The van der Waals surface area contributed by atoms with Crippen molar-refractivity contribution in [1.82, 2.24) is 29.9 Å². The van der Waals surface area contributed by atoms with Gasteiger partial charge in [-0.15, -0.1) is 5.10 Å². The third-order valence-corrected chi connectivity index (χ3v) is 3.82. The Morgan fingerprint density at radius 2 is 2.07 bits per heavy atom. The van der Waals surface area contributed by atoms with Crippen molar-refractivity contribution in [2.45, 2.75) is 20.0 Å². The maximum atomic E-state index is 13.8. The van der Waals surface area contributed by atoms with E-state index >= 15 is 0 Å². The van der Waals surface area contributed by atoms with E-state index in [0.717, 1.165) is 4.57 Å². The first-order valence-electron chi connectivity index (χ1n) is 8.44. The van der Waals surface area contributed by atoms with Crippen LogP contribution in [0.15, 0.2) is 35.4 Å². The molecule has 1 N–H and O–H groups in total. The number of carbonyl (C=O) groups excluding carboxylic acids is 2. The number of fused-ring (bicyclic) bond motifs is 1. The summed E-state index contributed by atoms with van der Waals surface area (Å²) in [6, 6.07) is 6.18. The van der Waals surface area contributed by atoms with Gasteiger partial charge < -0.3 is 10.1 Å². The predicted octanol–water partition coefficient (Wildman–Crippen LogP) is -0.145. The molecular formula is C17H17FN6O4. The van der Waals surface area contributed by atoms with Crippen LogP contribution < -0.4 is 10.9 Å². The number of hydrogen-bond donors (Lipinski definition) is 1. The zero-order valence-corrected chi connectivity index (χ0v) is 15.0. The minimum Gasteiger partial charge on any atom is -0.465 e. The van der Waals surface area contributed by atoms with Crippen molar-refractivity contribution in [3.63, 3.8) is 0 Å². The normalized spacial score (nSPS) is 10.8. The molecule has 1 amide bonds. The van der Waals surface area contributed by atoms with Gasteiger partial charge in [0.25, 0.3) is 5.56 Å². The van der Waals surface area contributed by atoms with Gasteiger partial charge in [0.2, 0.25) is 5.91 Å². The quantitative estimate of drug-likeness (QED) is 0.559. The predicted molar refractivity (Wildman–Crippen MR) is 94.7 cm³/mol. The van der Waals surface area contributed by atoms with Crippen LogP contribution in [-0.2, 0) is 27.4 Å². The second-order valence-electron chi connectivity index (χ2n) is 5.77. The molecule has 11 heteroatoms. The highest BCUT2D eigenvalue weighted by atomic mass is 19.1. The van der Waals surface area contributed by atoms with E-state index in [1.807, 2.05) is 0 Å². The third kappa shape index (κ3) is 4.19. The van der Waals surface area contributed by atoms with Gasteiger partial charge in [-0.3, -0.25) is 19.0 Å². The molecule has 3 rings (SSSR count). The van der Waals surface area contributed by atoms with E-state index in [1.54, 1.807) is 25.1 Å². The number of hydrogen-bond acceptors (Lipinski definition) is 7. The Kier molecular flexibility index (Phi) is 5.72. The average Bonchev–Trinajstić information content (AvgIpc) is 3.08. The molecule has 2 aromatic heterocycles. The molecule has 0 spiro atoms. The van der Waals surface area contributed by atoms with Gasteiger partial charge in [-0.25, -0.2) is 14.1 Å². The molecular weight excluding hydrogens is 371 g/mol. The van der Waals surface area contributed by atoms with E-state index in [9.17, 15) is 18.8 Å². The summed E-state index contributed by atoms with van der Waals surface area (Å²) < 4.78 is 20.9. The summed E-state index contributed by atoms with van der Waals surface area (Å²) in [5.41, 5.74) is -0.0665. The van der Waals surface area contributed by atoms with E-state index in [1.165, 1.54) is 17.1 Å². The maximum absolute atomic E-state index is 13.8. The minimum absolute atomic E-state index is 0.0444. The highest BCUT2D eigenvalue weighted by Crippen LogP contribution is 2.10. The second-order valence-corrected chi connectivity index (χ2v) is 5.77. The number of rotatable bonds is 7. The number of carbonyl (C=O) groups is 2. The molecule has 0 saturated heterocycles. The van der Waals surface area contributed by atoms with Crippen molar-refractivity contribution in [3.05, 3.63) is 52.3 Å². The molecule has 0 saturated carbocycles. The molecule has 28 heavy (non-hydrogen) atoms. The van der Waals surface area contributed by atoms with Crippen LogP contribution in [0.1, 0.15) is 12.5 Å². The lowest BCUT2D eigenvalue weighted by Crippen LogP contribution is -2.36. The Hall–Kier alpha value is -3.63. The van der Waals surface area contributed by atoms with Gasteiger partial charge in [-0.1, -0.05) is 23.4 Å². The Labute approximate surface area is 157 Å². The Morgan fingerprint density at radius 3 is 2.82 bits per heavy atom. The van der Waals surface area contributed by atoms with Crippen molar-refractivity contribution < 1.29 is 18.7 Å². The molecule has 0 radical (unpaired) electrons. The van der Waals surface area contributed by atoms with Gasteiger partial charge in [0.05, 0.1) is 13.2 Å². The van der Waals surface area contributed by atoms with E-state index < -0.39 is 23.3 Å². The van der Waals surface area contributed by atoms with Crippen LogP contribution in [0.3, 0.4) is 0 Å². The summed E-state index contributed by atoms with van der Waals surface area (Å²) in [5.74, 6) is -1.54. The smallest absolute Gasteiger partial charge is 0.325 e. The summed E-state index contributed by atoms with van der Waals surface area (Å²) in [7, 11) is 0. The fourth-order valence-electron chi connectivity index (χ4n) is 2.49. The summed E-state index contributed by atoms with van der Waals surface area (Å²) >= 11 is 0. The maximum Gasteiger partial charge on any atom is 0.325 e. The van der Waals surface area contributed by atoms with Gasteiger partial charge in [-0.2, -0.15) is 0 Å². The zero-order valence-electron chi connectivity index (χ0n) is 15.0. The number of ether oxygens (including phenoxy) is 1. The monoisotopic (exact) mass is 388 g/mol. The highest BCUT2D eigenvalue weighted by molar-refractivity contribution is 5.82. The topological polar surface area (TPSA) is 121 Å². The molecule has 0 fully saturated rings. The van der Waals surface area contributed by atoms with Crippen LogP contribution in [0.5, 0.6) is 0 Å². The van der Waals surface area contributed by atoms with Crippen LogP contribution in [0.25, 0.3) is 11.2 Å². The number of nitrogens with zero attached hydrogens (tertiary/aromatic N) is 5. The first kappa shape index (κ1) is 19.1. The van der Waals surface area contributed by atoms with Crippen LogP contribution >= 0.6 is 0 Å². The molecule has 0 aliphatic heterocycles. The van der Waals surface area contributed by atoms with Crippen LogP contribution in [0.4, 0.5) is 4.39 Å². The van der Waals surface area contributed by atoms with E-state index in [0.29, 0.717) is 5.56 Å². The molecule has 0 aliphatic rings. The number of benzene rings is 1. The minimum atomic E-state index is -0.576. The first-order valence-corrected chi connectivity index (χ1v) is 8.44. The van der Waals surface area contributed by atoms with Gasteiger partial charge in [0.1, 0.15) is 25.2 Å². The zero-order chi connectivity index (χ0) is 20.1. The van der Waals surface area contributed by atoms with Crippen molar-refractivity contribution in [3.8, 4) is 0 Å². The van der Waals surface area contributed by atoms with Crippen molar-refractivity contribution in [2.75, 3.05) is 13.2 Å². The molecule has 0 bridgehead atoms. The van der Waals surface area contributed by atoms with Crippen LogP contribution in [-0.4, -0.2) is 49.6 Å². The van der Waals surface area contributed by atoms with Gasteiger partial charge in [0.15, 0.2) is 11.2 Å². The third-order valence-electron chi connectivity index (χ3n) is 3.82. The molecule has 10 nitrogen and oxygen atoms in total. The number of esters is 1. The summed E-state index contributed by atoms with van der Waals surface area (Å²) in [6.07, 6.45) is 1.18. The van der Waals surface area contributed by atoms with Gasteiger partial charge in [-0.05, 0) is 13.0 Å². The second kappa shape index (κ2) is 8.37. The van der Waals surface area contributed by atoms with E-state index in [4.69, 9.17) is 4.74 Å². The molecule has 2 heterocycles. The van der Waals surface area contributed by atoms with E-state index in [-0.39, 0.29) is 37.4 Å². The summed E-state index contributed by atoms with van der Waals surface area (Å²) in [6.45, 7) is 1.27. The fourth-order valence-corrected chi connectivity index (χ4v) is 2.49. The lowest BCUT2D eigenvalue weighted by atomic mass is 10.2. The van der Waals surface area contributed by atoms with Gasteiger partial charge in [0, 0.05) is 5.56 Å². The first-order chi connectivity index (χ1) is 13.5. The molecule has 146 valence electrons. The number of halogens is 1. The van der Waals surface area contributed by atoms with E-state index in [2.05, 4.69) is 20.6 Å². The Bertz CT molecular complexity index is 1080. The Balaban J connectivity index is 1.76. The van der Waals surface area contributed by atoms with Crippen LogP contribution in [0, 0.1) is 5.82 Å². The number of amides is 1. The summed E-state index contributed by atoms with van der Waals surface area (Å²) in [5, 5.41) is 10.0. The molecule has 0 unspecified atom stereocenters. The highest BCUT2D eigenvalue weighted by Gasteiger charge is 2.15. The van der Waals surface area contributed by atoms with Crippen molar-refractivity contribution in [2.24, 2.45) is 0 Å². The standard InChI is InChI=1S/C17H17FN6O4/c1-2-28-14(26)7-19-13(25)9-23-10-20-16-15(17(23)27)21-22-24(16)8-11-5-3-4-6-12(11)18/h3-6,10H,2,7-9H2,1H3,(H,19,25). The lowest BCUT2D eigenvalue weighted by Gasteiger charge is -2.07. The van der Waals surface area contributed by atoms with Crippen LogP contribution in [0.2, 0.25) is 0 Å². The molecule has 0 atom stereocenters. The molecule has 0 aliphatic carbocycles. The fraction of sp³-hybridized carbons (Fsp3) is 0.294. The lowest BCUT2D eigenvalue weighted by molar-refractivity contribution is -0.143. The Morgan fingerprint density at radius 1 is 1.29 bits per heavy atom. The molecule has 3 aromatic rings. The summed E-state index contributed by atoms with van der Waals surface area (Å²) in [4.78, 5) is 39.8. The average molecular weight is 388 g/mol. The van der Waals surface area contributed by atoms with Crippen molar-refractivity contribution >= 4 is 23.0 Å². The molecule has 1 aromatic carbocycles. The van der Waals surface area contributed by atoms with Gasteiger partial charge >= 0.3 is 5.97 Å². The van der Waals surface area contributed by atoms with Crippen molar-refractivity contribution in [1.29, 1.82) is 0 Å². The largest absolute Gasteiger partial charge is 0.465 e. The number of nitrogens with one attached hydrogen (secondary N) is 1.